The van der Waals surface area contributed by atoms with Crippen molar-refractivity contribution in [1.82, 2.24) is 35.4 Å². The summed E-state index contributed by atoms with van der Waals surface area (Å²) in [4.78, 5) is 0. The third kappa shape index (κ3) is 1.30. The minimum atomic E-state index is 0.114. The van der Waals surface area contributed by atoms with Gasteiger partial charge in [-0.15, -0.1) is 10.2 Å². The SMILES string of the molecule is Cn1c(-c2nonc2N)nnc1-c1nonc1N. The molecule has 11 heteroatoms. The monoisotopic (exact) mass is 249 g/mol. The highest BCUT2D eigenvalue weighted by atomic mass is 16.6. The van der Waals surface area contributed by atoms with Gasteiger partial charge < -0.3 is 16.0 Å². The Kier molecular flexibility index (Phi) is 1.99. The van der Waals surface area contributed by atoms with Crippen molar-refractivity contribution in [2.75, 3.05) is 11.5 Å². The fourth-order valence-electron chi connectivity index (χ4n) is 1.44. The molecule has 3 aromatic rings. The Morgan fingerprint density at radius 2 is 1.28 bits per heavy atom. The minimum absolute atomic E-state index is 0.114. The number of hydrogen-bond acceptors (Lipinski definition) is 10. The molecular weight excluding hydrogens is 242 g/mol. The Morgan fingerprint density at radius 1 is 0.833 bits per heavy atom. The van der Waals surface area contributed by atoms with E-state index < -0.39 is 0 Å². The quantitative estimate of drug-likeness (QED) is 0.580. The summed E-state index contributed by atoms with van der Waals surface area (Å²) in [6, 6.07) is 0. The van der Waals surface area contributed by atoms with E-state index in [9.17, 15) is 0 Å². The van der Waals surface area contributed by atoms with Gasteiger partial charge >= 0.3 is 0 Å². The first-order valence-corrected chi connectivity index (χ1v) is 4.74. The summed E-state index contributed by atoms with van der Waals surface area (Å²) in [6.45, 7) is 0. The van der Waals surface area contributed by atoms with Crippen LogP contribution in [0.3, 0.4) is 0 Å². The van der Waals surface area contributed by atoms with E-state index >= 15 is 0 Å². The molecule has 92 valence electrons. The van der Waals surface area contributed by atoms with Crippen LogP contribution in [0.2, 0.25) is 0 Å². The molecule has 0 aliphatic carbocycles. The molecule has 0 radical (unpaired) electrons. The van der Waals surface area contributed by atoms with Crippen LogP contribution in [0.5, 0.6) is 0 Å². The summed E-state index contributed by atoms with van der Waals surface area (Å²) in [6.07, 6.45) is 0. The third-order valence-electron chi connectivity index (χ3n) is 2.33. The van der Waals surface area contributed by atoms with Gasteiger partial charge in [0.25, 0.3) is 0 Å². The number of nitrogens with zero attached hydrogens (tertiary/aromatic N) is 7. The van der Waals surface area contributed by atoms with Crippen LogP contribution in [0.4, 0.5) is 11.6 Å². The summed E-state index contributed by atoms with van der Waals surface area (Å²) < 4.78 is 10.6. The molecule has 4 N–H and O–H groups in total. The second-order valence-electron chi connectivity index (χ2n) is 3.40. The lowest BCUT2D eigenvalue weighted by molar-refractivity contribution is 0.310. The largest absolute Gasteiger partial charge is 0.379 e. The molecule has 0 aliphatic rings. The maximum atomic E-state index is 5.58. The Bertz CT molecular complexity index is 638. The van der Waals surface area contributed by atoms with E-state index in [2.05, 4.69) is 40.1 Å². The lowest BCUT2D eigenvalue weighted by Gasteiger charge is -1.98. The zero-order chi connectivity index (χ0) is 12.7. The molecule has 3 aromatic heterocycles. The van der Waals surface area contributed by atoms with Crippen molar-refractivity contribution in [3.05, 3.63) is 0 Å². The molecule has 3 rings (SSSR count). The summed E-state index contributed by atoms with van der Waals surface area (Å²) in [5.74, 6) is 0.962. The predicted molar refractivity (Wildman–Crippen MR) is 56.4 cm³/mol. The smallest absolute Gasteiger partial charge is 0.199 e. The Morgan fingerprint density at radius 3 is 1.61 bits per heavy atom. The van der Waals surface area contributed by atoms with Crippen LogP contribution >= 0.6 is 0 Å². The van der Waals surface area contributed by atoms with E-state index in [1.807, 2.05) is 0 Å². The summed E-state index contributed by atoms with van der Waals surface area (Å²) >= 11 is 0. The fraction of sp³-hybridized carbons (Fsp3) is 0.143. The Hall–Kier alpha value is -2.98. The molecule has 18 heavy (non-hydrogen) atoms. The number of aromatic nitrogens is 7. The highest BCUT2D eigenvalue weighted by Gasteiger charge is 2.22. The van der Waals surface area contributed by atoms with Gasteiger partial charge in [0, 0.05) is 7.05 Å². The van der Waals surface area contributed by atoms with Crippen molar-refractivity contribution in [3.8, 4) is 23.0 Å². The van der Waals surface area contributed by atoms with E-state index in [1.54, 1.807) is 11.6 Å². The van der Waals surface area contributed by atoms with Gasteiger partial charge in [-0.05, 0) is 20.6 Å². The second kappa shape index (κ2) is 3.51. The molecule has 0 amide bonds. The molecule has 0 atom stereocenters. The number of nitrogen functional groups attached to an aromatic ring is 2. The molecule has 0 bridgehead atoms. The van der Waals surface area contributed by atoms with E-state index in [1.165, 1.54) is 0 Å². The molecule has 0 unspecified atom stereocenters. The van der Waals surface area contributed by atoms with Crippen molar-refractivity contribution < 1.29 is 9.26 Å². The standard InChI is InChI=1S/C7H7N9O2/c1-16-6(2-4(8)14-17-12-2)10-11-7(16)3-5(9)15-18-13-3/h1H3,(H2,8,14)(H2,9,15). The molecule has 0 fully saturated rings. The van der Waals surface area contributed by atoms with Crippen LogP contribution in [-0.2, 0) is 7.05 Å². The van der Waals surface area contributed by atoms with Crippen molar-refractivity contribution in [2.24, 2.45) is 7.05 Å². The van der Waals surface area contributed by atoms with Crippen molar-refractivity contribution in [2.45, 2.75) is 0 Å². The highest BCUT2D eigenvalue weighted by molar-refractivity contribution is 5.68. The predicted octanol–water partition coefficient (Wildman–Crippen LogP) is -0.921. The first kappa shape index (κ1) is 10.2. The summed E-state index contributed by atoms with van der Waals surface area (Å²) in [7, 11) is 1.69. The van der Waals surface area contributed by atoms with Gasteiger partial charge in [-0.2, -0.15) is 0 Å². The van der Waals surface area contributed by atoms with Crippen molar-refractivity contribution in [1.29, 1.82) is 0 Å². The molecule has 0 spiro atoms. The van der Waals surface area contributed by atoms with E-state index in [4.69, 9.17) is 11.5 Å². The number of anilines is 2. The average Bonchev–Trinajstić information content (AvgIpc) is 3.01. The first-order chi connectivity index (χ1) is 8.68. The van der Waals surface area contributed by atoms with E-state index in [-0.39, 0.29) is 23.0 Å². The second-order valence-corrected chi connectivity index (χ2v) is 3.40. The van der Waals surface area contributed by atoms with Crippen LogP contribution in [0, 0.1) is 0 Å². The van der Waals surface area contributed by atoms with E-state index in [0.29, 0.717) is 11.6 Å². The van der Waals surface area contributed by atoms with Crippen LogP contribution in [0.1, 0.15) is 0 Å². The lowest BCUT2D eigenvalue weighted by Crippen LogP contribution is -2.00. The maximum Gasteiger partial charge on any atom is 0.199 e. The average molecular weight is 249 g/mol. The van der Waals surface area contributed by atoms with Gasteiger partial charge in [0.05, 0.1) is 0 Å². The Balaban J connectivity index is 2.15. The van der Waals surface area contributed by atoms with Crippen molar-refractivity contribution in [3.63, 3.8) is 0 Å². The van der Waals surface area contributed by atoms with Crippen LogP contribution < -0.4 is 11.5 Å². The third-order valence-corrected chi connectivity index (χ3v) is 2.33. The van der Waals surface area contributed by atoms with Gasteiger partial charge in [0.15, 0.2) is 34.7 Å². The summed E-state index contributed by atoms with van der Waals surface area (Å²) in [5, 5.41) is 22.0. The Labute approximate surface area is 98.7 Å². The fourth-order valence-corrected chi connectivity index (χ4v) is 1.44. The van der Waals surface area contributed by atoms with Gasteiger partial charge in [-0.1, -0.05) is 0 Å². The minimum Gasteiger partial charge on any atom is -0.379 e. The molecule has 3 heterocycles. The van der Waals surface area contributed by atoms with Crippen molar-refractivity contribution >= 4 is 11.6 Å². The molecular formula is C7H7N9O2. The van der Waals surface area contributed by atoms with Gasteiger partial charge in [0.2, 0.25) is 0 Å². The normalized spacial score (nSPS) is 10.9. The topological polar surface area (TPSA) is 161 Å². The summed E-state index contributed by atoms with van der Waals surface area (Å²) in [5.41, 5.74) is 11.7. The van der Waals surface area contributed by atoms with Crippen LogP contribution in [0.25, 0.3) is 23.0 Å². The maximum absolute atomic E-state index is 5.58. The van der Waals surface area contributed by atoms with Crippen LogP contribution in [-0.4, -0.2) is 35.4 Å². The lowest BCUT2D eigenvalue weighted by atomic mass is 10.3. The zero-order valence-corrected chi connectivity index (χ0v) is 9.10. The molecule has 0 saturated carbocycles. The molecule has 11 nitrogen and oxygen atoms in total. The zero-order valence-electron chi connectivity index (χ0n) is 9.10. The molecule has 0 saturated heterocycles. The first-order valence-electron chi connectivity index (χ1n) is 4.74. The number of nitrogens with two attached hydrogens (primary N) is 2. The molecule has 0 aliphatic heterocycles. The van der Waals surface area contributed by atoms with Gasteiger partial charge in [0.1, 0.15) is 0 Å². The highest BCUT2D eigenvalue weighted by Crippen LogP contribution is 2.25. The number of rotatable bonds is 2. The number of hydrogen-bond donors (Lipinski definition) is 2. The molecule has 0 aromatic carbocycles. The van der Waals surface area contributed by atoms with Gasteiger partial charge in [-0.3, -0.25) is 0 Å². The van der Waals surface area contributed by atoms with Crippen LogP contribution in [0.15, 0.2) is 9.26 Å². The van der Waals surface area contributed by atoms with Gasteiger partial charge in [-0.25, -0.2) is 9.26 Å². The van der Waals surface area contributed by atoms with E-state index in [0.717, 1.165) is 0 Å².